The number of nitrogens with one attached hydrogen (secondary N) is 1. The normalized spacial score (nSPS) is 16.2. The maximum absolute atomic E-state index is 12.6. The predicted molar refractivity (Wildman–Crippen MR) is 94.2 cm³/mol. The lowest BCUT2D eigenvalue weighted by molar-refractivity contribution is 0.0902. The van der Waals surface area contributed by atoms with Gasteiger partial charge in [0.25, 0.3) is 5.91 Å². The van der Waals surface area contributed by atoms with E-state index in [0.29, 0.717) is 34.7 Å². The lowest BCUT2D eigenvalue weighted by atomic mass is 9.97. The molecule has 0 aliphatic heterocycles. The van der Waals surface area contributed by atoms with E-state index in [0.717, 1.165) is 32.1 Å². The molecule has 1 saturated carbocycles. The summed E-state index contributed by atoms with van der Waals surface area (Å²) in [5, 5.41) is 3.12. The third-order valence-corrected chi connectivity index (χ3v) is 4.86. The van der Waals surface area contributed by atoms with Crippen LogP contribution in [-0.2, 0) is 0 Å². The van der Waals surface area contributed by atoms with E-state index in [1.807, 2.05) is 6.92 Å². The number of methoxy groups -OCH3 is 1. The third-order valence-electron chi connectivity index (χ3n) is 4.27. The Kier molecular flexibility index (Phi) is 6.30. The van der Waals surface area contributed by atoms with Crippen LogP contribution >= 0.6 is 15.9 Å². The number of hydrogen-bond acceptors (Lipinski definition) is 4. The summed E-state index contributed by atoms with van der Waals surface area (Å²) in [6.07, 6.45) is 4.98. The average molecular weight is 385 g/mol. The molecule has 1 fully saturated rings. The summed E-state index contributed by atoms with van der Waals surface area (Å²) in [5.74, 6) is 1.05. The van der Waals surface area contributed by atoms with Crippen LogP contribution in [0, 0.1) is 0 Å². The van der Waals surface area contributed by atoms with Crippen molar-refractivity contribution >= 4 is 21.8 Å². The van der Waals surface area contributed by atoms with Crippen LogP contribution in [0.4, 0.5) is 0 Å². The third kappa shape index (κ3) is 4.18. The molecule has 0 saturated heterocycles. The maximum Gasteiger partial charge on any atom is 0.251 e. The SMILES string of the molecule is CCCOc1c(Br)cc(C(=O)NC2(CN)CCCC2)cc1OC. The number of nitrogens with two attached hydrogens (primary N) is 1. The minimum Gasteiger partial charge on any atom is -0.493 e. The molecule has 5 nitrogen and oxygen atoms in total. The van der Waals surface area contributed by atoms with Crippen molar-refractivity contribution in [3.05, 3.63) is 22.2 Å². The Morgan fingerprint density at radius 1 is 1.39 bits per heavy atom. The Bertz CT molecular complexity index is 557. The lowest BCUT2D eigenvalue weighted by Crippen LogP contribution is -2.51. The zero-order valence-corrected chi connectivity index (χ0v) is 15.4. The summed E-state index contributed by atoms with van der Waals surface area (Å²) in [6.45, 7) is 3.10. The molecule has 128 valence electrons. The first kappa shape index (κ1) is 18.1. The summed E-state index contributed by atoms with van der Waals surface area (Å²) >= 11 is 3.47. The molecule has 1 aromatic carbocycles. The van der Waals surface area contributed by atoms with Gasteiger partial charge in [-0.05, 0) is 47.3 Å². The van der Waals surface area contributed by atoms with Gasteiger partial charge in [0.2, 0.25) is 0 Å². The van der Waals surface area contributed by atoms with Gasteiger partial charge in [-0.15, -0.1) is 0 Å². The first-order valence-electron chi connectivity index (χ1n) is 8.08. The molecule has 0 bridgehead atoms. The first-order chi connectivity index (χ1) is 11.0. The van der Waals surface area contributed by atoms with E-state index in [1.54, 1.807) is 19.2 Å². The fraction of sp³-hybridized carbons (Fsp3) is 0.588. The summed E-state index contributed by atoms with van der Waals surface area (Å²) in [5.41, 5.74) is 6.16. The monoisotopic (exact) mass is 384 g/mol. The molecule has 2 rings (SSSR count). The highest BCUT2D eigenvalue weighted by molar-refractivity contribution is 9.10. The number of ether oxygens (including phenoxy) is 2. The second-order valence-electron chi connectivity index (χ2n) is 5.98. The van der Waals surface area contributed by atoms with Crippen LogP contribution in [0.1, 0.15) is 49.4 Å². The summed E-state index contributed by atoms with van der Waals surface area (Å²) < 4.78 is 11.8. The molecule has 23 heavy (non-hydrogen) atoms. The van der Waals surface area contributed by atoms with Crippen molar-refractivity contribution in [1.29, 1.82) is 0 Å². The molecule has 6 heteroatoms. The first-order valence-corrected chi connectivity index (χ1v) is 8.87. The molecule has 0 radical (unpaired) electrons. The van der Waals surface area contributed by atoms with Crippen LogP contribution in [0.25, 0.3) is 0 Å². The molecule has 1 aliphatic carbocycles. The Morgan fingerprint density at radius 2 is 2.09 bits per heavy atom. The van der Waals surface area contributed by atoms with Gasteiger partial charge in [-0.2, -0.15) is 0 Å². The van der Waals surface area contributed by atoms with Gasteiger partial charge in [-0.1, -0.05) is 19.8 Å². The fourth-order valence-electron chi connectivity index (χ4n) is 2.94. The van der Waals surface area contributed by atoms with Gasteiger partial charge in [0.05, 0.1) is 23.7 Å². The second-order valence-corrected chi connectivity index (χ2v) is 6.84. The summed E-state index contributed by atoms with van der Waals surface area (Å²) in [4.78, 5) is 12.6. The fourth-order valence-corrected chi connectivity index (χ4v) is 3.50. The highest BCUT2D eigenvalue weighted by atomic mass is 79.9. The van der Waals surface area contributed by atoms with E-state index in [-0.39, 0.29) is 11.4 Å². The molecular weight excluding hydrogens is 360 g/mol. The van der Waals surface area contributed by atoms with E-state index in [1.165, 1.54) is 0 Å². The standard InChI is InChI=1S/C17H25BrN2O3/c1-3-8-23-15-13(18)9-12(10-14(15)22-2)16(21)20-17(11-19)6-4-5-7-17/h9-10H,3-8,11,19H2,1-2H3,(H,20,21). The van der Waals surface area contributed by atoms with Crippen LogP contribution in [-0.4, -0.2) is 31.7 Å². The molecule has 1 aromatic rings. The maximum atomic E-state index is 12.6. The zero-order valence-electron chi connectivity index (χ0n) is 13.8. The van der Waals surface area contributed by atoms with Crippen LogP contribution in [0.15, 0.2) is 16.6 Å². The number of carbonyl (C=O) groups is 1. The molecule has 0 unspecified atom stereocenters. The van der Waals surface area contributed by atoms with Crippen molar-refractivity contribution in [2.24, 2.45) is 5.73 Å². The summed E-state index contributed by atoms with van der Waals surface area (Å²) in [6, 6.07) is 3.48. The Hall–Kier alpha value is -1.27. The smallest absolute Gasteiger partial charge is 0.251 e. The lowest BCUT2D eigenvalue weighted by Gasteiger charge is -2.29. The van der Waals surface area contributed by atoms with E-state index in [4.69, 9.17) is 15.2 Å². The predicted octanol–water partition coefficient (Wildman–Crippen LogP) is 3.25. The summed E-state index contributed by atoms with van der Waals surface area (Å²) in [7, 11) is 1.57. The highest BCUT2D eigenvalue weighted by Crippen LogP contribution is 2.37. The van der Waals surface area contributed by atoms with Crippen molar-refractivity contribution < 1.29 is 14.3 Å². The largest absolute Gasteiger partial charge is 0.493 e. The number of rotatable bonds is 7. The van der Waals surface area contributed by atoms with Gasteiger partial charge in [-0.25, -0.2) is 0 Å². The Balaban J connectivity index is 2.22. The number of hydrogen-bond donors (Lipinski definition) is 2. The molecule has 0 atom stereocenters. The van der Waals surface area contributed by atoms with Gasteiger partial charge < -0.3 is 20.5 Å². The van der Waals surface area contributed by atoms with Gasteiger partial charge in [0.15, 0.2) is 11.5 Å². The van der Waals surface area contributed by atoms with E-state index in [2.05, 4.69) is 21.2 Å². The minimum absolute atomic E-state index is 0.126. The number of carbonyl (C=O) groups excluding carboxylic acids is 1. The van der Waals surface area contributed by atoms with Crippen molar-refractivity contribution in [2.45, 2.75) is 44.6 Å². The topological polar surface area (TPSA) is 73.6 Å². The molecule has 1 amide bonds. The minimum atomic E-state index is -0.270. The van der Waals surface area contributed by atoms with Crippen molar-refractivity contribution in [3.63, 3.8) is 0 Å². The Labute approximate surface area is 146 Å². The van der Waals surface area contributed by atoms with E-state index in [9.17, 15) is 4.79 Å². The van der Waals surface area contributed by atoms with Crippen LogP contribution in [0.5, 0.6) is 11.5 Å². The number of amides is 1. The zero-order chi connectivity index (χ0) is 16.9. The van der Waals surface area contributed by atoms with Crippen LogP contribution < -0.4 is 20.5 Å². The second kappa shape index (κ2) is 8.02. The van der Waals surface area contributed by atoms with Crippen molar-refractivity contribution in [2.75, 3.05) is 20.3 Å². The Morgan fingerprint density at radius 3 is 2.65 bits per heavy atom. The van der Waals surface area contributed by atoms with Crippen LogP contribution in [0.2, 0.25) is 0 Å². The highest BCUT2D eigenvalue weighted by Gasteiger charge is 2.34. The molecule has 0 spiro atoms. The van der Waals surface area contributed by atoms with Crippen molar-refractivity contribution in [3.8, 4) is 11.5 Å². The average Bonchev–Trinajstić information content (AvgIpc) is 3.02. The quantitative estimate of drug-likeness (QED) is 0.756. The van der Waals surface area contributed by atoms with E-state index >= 15 is 0 Å². The van der Waals surface area contributed by atoms with Crippen molar-refractivity contribution in [1.82, 2.24) is 5.32 Å². The molecule has 3 N–H and O–H groups in total. The van der Waals surface area contributed by atoms with Crippen LogP contribution in [0.3, 0.4) is 0 Å². The van der Waals surface area contributed by atoms with Gasteiger partial charge in [0.1, 0.15) is 0 Å². The molecular formula is C17H25BrN2O3. The van der Waals surface area contributed by atoms with Gasteiger partial charge >= 0.3 is 0 Å². The number of benzene rings is 1. The van der Waals surface area contributed by atoms with Gasteiger partial charge in [-0.3, -0.25) is 4.79 Å². The van der Waals surface area contributed by atoms with E-state index < -0.39 is 0 Å². The van der Waals surface area contributed by atoms with Gasteiger partial charge in [0, 0.05) is 12.1 Å². The molecule has 1 aliphatic rings. The number of halogens is 1. The molecule has 0 heterocycles. The molecule has 0 aromatic heterocycles.